The number of benzene rings is 1. The van der Waals surface area contributed by atoms with Crippen LogP contribution in [-0.4, -0.2) is 33.8 Å². The SMILES string of the molecule is O=C(O)C(Cc1ccccc1)SCCO. The number of rotatable bonds is 6. The van der Waals surface area contributed by atoms with E-state index >= 15 is 0 Å². The summed E-state index contributed by atoms with van der Waals surface area (Å²) in [5.41, 5.74) is 1.01. The van der Waals surface area contributed by atoms with Crippen molar-refractivity contribution in [1.29, 1.82) is 0 Å². The van der Waals surface area contributed by atoms with E-state index in [9.17, 15) is 4.79 Å². The van der Waals surface area contributed by atoms with E-state index in [-0.39, 0.29) is 6.61 Å². The van der Waals surface area contributed by atoms with Gasteiger partial charge in [-0.05, 0) is 12.0 Å². The molecule has 1 aromatic carbocycles. The van der Waals surface area contributed by atoms with E-state index in [4.69, 9.17) is 10.2 Å². The first-order valence-electron chi connectivity index (χ1n) is 4.73. The Morgan fingerprint density at radius 2 is 2.00 bits per heavy atom. The fourth-order valence-corrected chi connectivity index (χ4v) is 2.08. The van der Waals surface area contributed by atoms with Crippen molar-refractivity contribution in [3.05, 3.63) is 35.9 Å². The van der Waals surface area contributed by atoms with Crippen molar-refractivity contribution in [1.82, 2.24) is 0 Å². The van der Waals surface area contributed by atoms with Crippen LogP contribution in [0, 0.1) is 0 Å². The number of carbonyl (C=O) groups is 1. The van der Waals surface area contributed by atoms with Gasteiger partial charge in [-0.3, -0.25) is 4.79 Å². The number of carboxylic acid groups (broad SMARTS) is 1. The molecule has 1 rings (SSSR count). The number of aliphatic carboxylic acids is 1. The van der Waals surface area contributed by atoms with Crippen LogP contribution in [0.25, 0.3) is 0 Å². The minimum Gasteiger partial charge on any atom is -0.480 e. The summed E-state index contributed by atoms with van der Waals surface area (Å²) in [6.07, 6.45) is 0.501. The van der Waals surface area contributed by atoms with Gasteiger partial charge < -0.3 is 10.2 Å². The molecule has 3 nitrogen and oxygen atoms in total. The maximum Gasteiger partial charge on any atom is 0.316 e. The van der Waals surface area contributed by atoms with E-state index in [0.29, 0.717) is 12.2 Å². The van der Waals surface area contributed by atoms with Gasteiger partial charge in [-0.15, -0.1) is 11.8 Å². The second kappa shape index (κ2) is 6.48. The predicted molar refractivity (Wildman–Crippen MR) is 61.1 cm³/mol. The number of carboxylic acids is 1. The highest BCUT2D eigenvalue weighted by Crippen LogP contribution is 2.16. The molecule has 0 aliphatic rings. The van der Waals surface area contributed by atoms with Gasteiger partial charge in [-0.25, -0.2) is 0 Å². The van der Waals surface area contributed by atoms with Gasteiger partial charge in [-0.2, -0.15) is 0 Å². The standard InChI is InChI=1S/C11H14O3S/c12-6-7-15-10(11(13)14)8-9-4-2-1-3-5-9/h1-5,10,12H,6-8H2,(H,13,14). The van der Waals surface area contributed by atoms with E-state index in [2.05, 4.69) is 0 Å². The van der Waals surface area contributed by atoms with Gasteiger partial charge in [-0.1, -0.05) is 30.3 Å². The normalized spacial score (nSPS) is 12.3. The molecule has 1 unspecified atom stereocenters. The van der Waals surface area contributed by atoms with Gasteiger partial charge in [0.05, 0.1) is 6.61 Å². The van der Waals surface area contributed by atoms with Crippen LogP contribution < -0.4 is 0 Å². The van der Waals surface area contributed by atoms with Crippen molar-refractivity contribution in [2.75, 3.05) is 12.4 Å². The van der Waals surface area contributed by atoms with Crippen molar-refractivity contribution in [2.45, 2.75) is 11.7 Å². The van der Waals surface area contributed by atoms with Gasteiger partial charge in [0, 0.05) is 5.75 Å². The molecule has 0 heterocycles. The summed E-state index contributed by atoms with van der Waals surface area (Å²) in [5.74, 6) is -0.360. The number of aliphatic hydroxyl groups is 1. The lowest BCUT2D eigenvalue weighted by Gasteiger charge is -2.10. The Bertz CT molecular complexity index is 300. The van der Waals surface area contributed by atoms with Crippen LogP contribution >= 0.6 is 11.8 Å². The summed E-state index contributed by atoms with van der Waals surface area (Å²) in [7, 11) is 0. The van der Waals surface area contributed by atoms with E-state index in [0.717, 1.165) is 5.56 Å². The fourth-order valence-electron chi connectivity index (χ4n) is 1.24. The van der Waals surface area contributed by atoms with Crippen LogP contribution in [0.4, 0.5) is 0 Å². The Hall–Kier alpha value is -1.00. The van der Waals surface area contributed by atoms with E-state index in [1.165, 1.54) is 11.8 Å². The van der Waals surface area contributed by atoms with Crippen molar-refractivity contribution in [3.8, 4) is 0 Å². The molecule has 0 aliphatic heterocycles. The van der Waals surface area contributed by atoms with Crippen LogP contribution in [0.5, 0.6) is 0 Å². The summed E-state index contributed by atoms with van der Waals surface area (Å²) in [6.45, 7) is 0.0171. The Morgan fingerprint density at radius 1 is 1.33 bits per heavy atom. The fraction of sp³-hybridized carbons (Fsp3) is 0.364. The first-order chi connectivity index (χ1) is 7.24. The summed E-state index contributed by atoms with van der Waals surface area (Å²) in [6, 6.07) is 9.51. The molecule has 1 atom stereocenters. The van der Waals surface area contributed by atoms with Crippen molar-refractivity contribution in [3.63, 3.8) is 0 Å². The highest BCUT2D eigenvalue weighted by atomic mass is 32.2. The number of hydrogen-bond donors (Lipinski definition) is 2. The maximum atomic E-state index is 10.9. The third-order valence-electron chi connectivity index (χ3n) is 1.95. The van der Waals surface area contributed by atoms with E-state index in [1.807, 2.05) is 30.3 Å². The largest absolute Gasteiger partial charge is 0.480 e. The summed E-state index contributed by atoms with van der Waals surface area (Å²) in [4.78, 5) is 10.9. The third-order valence-corrected chi connectivity index (χ3v) is 3.14. The Labute approximate surface area is 93.1 Å². The van der Waals surface area contributed by atoms with Crippen LogP contribution in [0.1, 0.15) is 5.56 Å². The monoisotopic (exact) mass is 226 g/mol. The number of thioether (sulfide) groups is 1. The van der Waals surface area contributed by atoms with Gasteiger partial charge in [0.25, 0.3) is 0 Å². The lowest BCUT2D eigenvalue weighted by Crippen LogP contribution is -2.20. The average Bonchev–Trinajstić information content (AvgIpc) is 2.25. The molecule has 2 N–H and O–H groups in total. The van der Waals surface area contributed by atoms with E-state index < -0.39 is 11.2 Å². The van der Waals surface area contributed by atoms with Crippen molar-refractivity contribution in [2.24, 2.45) is 0 Å². The molecule has 0 aromatic heterocycles. The Morgan fingerprint density at radius 3 is 2.53 bits per heavy atom. The van der Waals surface area contributed by atoms with Gasteiger partial charge >= 0.3 is 5.97 Å². The summed E-state index contributed by atoms with van der Waals surface area (Å²) < 4.78 is 0. The van der Waals surface area contributed by atoms with Crippen LogP contribution in [0.3, 0.4) is 0 Å². The molecule has 0 saturated heterocycles. The second-order valence-corrected chi connectivity index (χ2v) is 4.42. The minimum atomic E-state index is -0.822. The molecule has 1 aromatic rings. The molecule has 0 radical (unpaired) electrons. The highest BCUT2D eigenvalue weighted by molar-refractivity contribution is 8.00. The van der Waals surface area contributed by atoms with Crippen LogP contribution in [-0.2, 0) is 11.2 Å². The molecule has 4 heteroatoms. The molecule has 0 amide bonds. The molecule has 0 fully saturated rings. The first kappa shape index (κ1) is 12.1. The number of hydrogen-bond acceptors (Lipinski definition) is 3. The smallest absolute Gasteiger partial charge is 0.316 e. The zero-order valence-electron chi connectivity index (χ0n) is 8.30. The maximum absolute atomic E-state index is 10.9. The Balaban J connectivity index is 2.55. The molecule has 0 saturated carbocycles. The molecule has 0 spiro atoms. The van der Waals surface area contributed by atoms with Crippen molar-refractivity contribution < 1.29 is 15.0 Å². The molecule has 0 bridgehead atoms. The average molecular weight is 226 g/mol. The number of aliphatic hydroxyl groups excluding tert-OH is 1. The molecule has 15 heavy (non-hydrogen) atoms. The topological polar surface area (TPSA) is 57.5 Å². The van der Waals surface area contributed by atoms with Gasteiger partial charge in [0.1, 0.15) is 5.25 Å². The van der Waals surface area contributed by atoms with Gasteiger partial charge in [0.15, 0.2) is 0 Å². The predicted octanol–water partition coefficient (Wildman–Crippen LogP) is 1.41. The Kier molecular flexibility index (Phi) is 5.21. The summed E-state index contributed by atoms with van der Waals surface area (Å²) in [5, 5.41) is 17.1. The molecular weight excluding hydrogens is 212 g/mol. The summed E-state index contributed by atoms with van der Waals surface area (Å²) >= 11 is 1.27. The lowest BCUT2D eigenvalue weighted by molar-refractivity contribution is -0.136. The van der Waals surface area contributed by atoms with Gasteiger partial charge in [0.2, 0.25) is 0 Å². The molecule has 0 aliphatic carbocycles. The lowest BCUT2D eigenvalue weighted by atomic mass is 10.1. The minimum absolute atomic E-state index is 0.0171. The first-order valence-corrected chi connectivity index (χ1v) is 5.78. The zero-order valence-corrected chi connectivity index (χ0v) is 9.11. The van der Waals surface area contributed by atoms with E-state index in [1.54, 1.807) is 0 Å². The third kappa shape index (κ3) is 4.36. The second-order valence-electron chi connectivity index (χ2n) is 3.11. The van der Waals surface area contributed by atoms with Crippen molar-refractivity contribution >= 4 is 17.7 Å². The molecule has 82 valence electrons. The quantitative estimate of drug-likeness (QED) is 0.770. The van der Waals surface area contributed by atoms with Crippen LogP contribution in [0.15, 0.2) is 30.3 Å². The molecular formula is C11H14O3S. The zero-order chi connectivity index (χ0) is 11.1. The highest BCUT2D eigenvalue weighted by Gasteiger charge is 2.17. The van der Waals surface area contributed by atoms with Crippen LogP contribution in [0.2, 0.25) is 0 Å².